The van der Waals surface area contributed by atoms with Crippen LogP contribution in [0.25, 0.3) is 10.4 Å². The maximum Gasteiger partial charge on any atom is 0.297 e. The molecule has 0 aliphatic rings. The highest BCUT2D eigenvalue weighted by Crippen LogP contribution is 2.32. The summed E-state index contributed by atoms with van der Waals surface area (Å²) in [7, 11) is -3.73. The second-order valence-corrected chi connectivity index (χ2v) is 6.95. The zero-order chi connectivity index (χ0) is 14.6. The Morgan fingerprint density at radius 1 is 1.10 bits per heavy atom. The topological polar surface area (TPSA) is 43.4 Å². The summed E-state index contributed by atoms with van der Waals surface area (Å²) in [6, 6.07) is 10.8. The number of thiophene rings is 1. The molecule has 108 valence electrons. The highest BCUT2D eigenvalue weighted by molar-refractivity contribution is 7.87. The summed E-state index contributed by atoms with van der Waals surface area (Å²) in [5.74, 6) is 0. The molecule has 2 aromatic rings. The normalized spacial score (nSPS) is 11.9. The van der Waals surface area contributed by atoms with Crippen molar-refractivity contribution in [3.63, 3.8) is 0 Å². The molecule has 0 atom stereocenters. The first-order chi connectivity index (χ1) is 9.58. The Morgan fingerprint density at radius 3 is 2.40 bits per heavy atom. The lowest BCUT2D eigenvalue weighted by Gasteiger charge is -2.15. The molecule has 0 saturated heterocycles. The van der Waals surface area contributed by atoms with E-state index >= 15 is 0 Å². The molecule has 0 unspecified atom stereocenters. The van der Waals surface area contributed by atoms with Crippen LogP contribution in [0.4, 0.5) is 0 Å². The first-order valence-electron chi connectivity index (χ1n) is 6.64. The van der Waals surface area contributed by atoms with Crippen LogP contribution >= 0.6 is 11.3 Å². The van der Waals surface area contributed by atoms with Crippen molar-refractivity contribution in [3.05, 3.63) is 41.8 Å². The van der Waals surface area contributed by atoms with Crippen molar-refractivity contribution < 1.29 is 12.6 Å². The van der Waals surface area contributed by atoms with Crippen LogP contribution < -0.4 is 0 Å². The lowest BCUT2D eigenvalue weighted by molar-refractivity contribution is 0.200. The van der Waals surface area contributed by atoms with Gasteiger partial charge in [-0.25, -0.2) is 0 Å². The van der Waals surface area contributed by atoms with Crippen LogP contribution in [0.3, 0.4) is 0 Å². The molecule has 0 aliphatic heterocycles. The van der Waals surface area contributed by atoms with Gasteiger partial charge in [-0.3, -0.25) is 4.18 Å². The summed E-state index contributed by atoms with van der Waals surface area (Å²) in [5, 5.41) is 1.93. The van der Waals surface area contributed by atoms with Gasteiger partial charge in [0.1, 0.15) is 4.90 Å². The summed E-state index contributed by atoms with van der Waals surface area (Å²) in [6.07, 6.45) is 1.09. The zero-order valence-corrected chi connectivity index (χ0v) is 13.2. The Hall–Kier alpha value is -1.17. The van der Waals surface area contributed by atoms with Crippen molar-refractivity contribution in [2.75, 3.05) is 0 Å². The summed E-state index contributed by atoms with van der Waals surface area (Å²) >= 11 is 1.52. The molecule has 0 spiro atoms. The molecule has 5 heteroatoms. The average molecular weight is 310 g/mol. The van der Waals surface area contributed by atoms with Gasteiger partial charge in [-0.2, -0.15) is 8.42 Å². The van der Waals surface area contributed by atoms with Gasteiger partial charge in [0.2, 0.25) is 0 Å². The number of hydrogen-bond acceptors (Lipinski definition) is 4. The van der Waals surface area contributed by atoms with Gasteiger partial charge in [0.05, 0.1) is 6.10 Å². The average Bonchev–Trinajstić information content (AvgIpc) is 2.99. The largest absolute Gasteiger partial charge is 0.297 e. The summed E-state index contributed by atoms with van der Waals surface area (Å²) in [6.45, 7) is 3.85. The van der Waals surface area contributed by atoms with Crippen LogP contribution in [0.2, 0.25) is 0 Å². The maximum atomic E-state index is 12.5. The molecule has 0 bridgehead atoms. The molecule has 0 fully saturated rings. The zero-order valence-electron chi connectivity index (χ0n) is 11.6. The van der Waals surface area contributed by atoms with Crippen LogP contribution in [-0.2, 0) is 14.3 Å². The van der Waals surface area contributed by atoms with Gasteiger partial charge in [-0.05, 0) is 30.4 Å². The maximum absolute atomic E-state index is 12.5. The van der Waals surface area contributed by atoms with Crippen LogP contribution in [0.1, 0.15) is 26.7 Å². The van der Waals surface area contributed by atoms with Crippen molar-refractivity contribution in [3.8, 4) is 10.4 Å². The first kappa shape index (κ1) is 15.2. The third-order valence-corrected chi connectivity index (χ3v) is 5.44. The van der Waals surface area contributed by atoms with Gasteiger partial charge < -0.3 is 0 Å². The summed E-state index contributed by atoms with van der Waals surface area (Å²) in [4.78, 5) is 1.17. The first-order valence-corrected chi connectivity index (χ1v) is 8.93. The molecular weight excluding hydrogens is 292 g/mol. The predicted octanol–water partition coefficient (Wildman–Crippen LogP) is 4.31. The minimum atomic E-state index is -3.73. The lowest BCUT2D eigenvalue weighted by atomic mass is 10.2. The Morgan fingerprint density at radius 2 is 1.80 bits per heavy atom. The van der Waals surface area contributed by atoms with Crippen LogP contribution in [0.15, 0.2) is 46.7 Å². The van der Waals surface area contributed by atoms with E-state index in [1.165, 1.54) is 11.3 Å². The monoisotopic (exact) mass is 310 g/mol. The lowest BCUT2D eigenvalue weighted by Crippen LogP contribution is -2.17. The van der Waals surface area contributed by atoms with Crippen molar-refractivity contribution >= 4 is 21.5 Å². The smallest absolute Gasteiger partial charge is 0.263 e. The van der Waals surface area contributed by atoms with Gasteiger partial charge in [0.25, 0.3) is 10.1 Å². The summed E-state index contributed by atoms with van der Waals surface area (Å²) in [5.41, 5.74) is 0.702. The van der Waals surface area contributed by atoms with Gasteiger partial charge in [-0.1, -0.05) is 38.1 Å². The minimum Gasteiger partial charge on any atom is -0.263 e. The van der Waals surface area contributed by atoms with E-state index in [-0.39, 0.29) is 11.0 Å². The van der Waals surface area contributed by atoms with E-state index in [9.17, 15) is 8.42 Å². The molecule has 1 aromatic carbocycles. The Kier molecular flexibility index (Phi) is 4.96. The second-order valence-electron chi connectivity index (χ2n) is 4.46. The fraction of sp³-hybridized carbons (Fsp3) is 0.333. The molecule has 1 heterocycles. The van der Waals surface area contributed by atoms with Gasteiger partial charge >= 0.3 is 0 Å². The van der Waals surface area contributed by atoms with E-state index in [0.717, 1.165) is 4.88 Å². The van der Waals surface area contributed by atoms with Crippen molar-refractivity contribution in [2.24, 2.45) is 0 Å². The van der Waals surface area contributed by atoms with Crippen LogP contribution in [-0.4, -0.2) is 14.5 Å². The van der Waals surface area contributed by atoms with Gasteiger partial charge in [-0.15, -0.1) is 11.3 Å². The Balaban J connectivity index is 2.42. The fourth-order valence-electron chi connectivity index (χ4n) is 1.98. The molecule has 2 rings (SSSR count). The molecule has 3 nitrogen and oxygen atoms in total. The van der Waals surface area contributed by atoms with Crippen molar-refractivity contribution in [1.82, 2.24) is 0 Å². The van der Waals surface area contributed by atoms with E-state index in [1.807, 2.05) is 43.5 Å². The quantitative estimate of drug-likeness (QED) is 0.747. The standard InChI is InChI=1S/C15H18O3S2/c1-3-12(4-2)18-20(16,17)15-10-6-5-8-13(15)14-9-7-11-19-14/h5-12H,3-4H2,1-2H3. The minimum absolute atomic E-state index is 0.245. The predicted molar refractivity (Wildman–Crippen MR) is 82.4 cm³/mol. The van der Waals surface area contributed by atoms with E-state index in [4.69, 9.17) is 4.18 Å². The molecular formula is C15H18O3S2. The molecule has 0 amide bonds. The Bertz CT molecular complexity index is 642. The number of rotatable bonds is 6. The molecule has 1 aromatic heterocycles. The van der Waals surface area contributed by atoms with Crippen molar-refractivity contribution in [2.45, 2.75) is 37.7 Å². The molecule has 20 heavy (non-hydrogen) atoms. The molecule has 0 N–H and O–H groups in total. The third-order valence-electron chi connectivity index (χ3n) is 3.12. The number of hydrogen-bond donors (Lipinski definition) is 0. The SMILES string of the molecule is CCC(CC)OS(=O)(=O)c1ccccc1-c1cccs1. The second kappa shape index (κ2) is 6.52. The highest BCUT2D eigenvalue weighted by atomic mass is 32.2. The molecule has 0 aliphatic carbocycles. The fourth-order valence-corrected chi connectivity index (χ4v) is 4.23. The number of benzene rings is 1. The van der Waals surface area contributed by atoms with E-state index < -0.39 is 10.1 Å². The molecule has 0 saturated carbocycles. The van der Waals surface area contributed by atoms with Crippen molar-refractivity contribution in [1.29, 1.82) is 0 Å². The Labute approximate surface area is 124 Å². The van der Waals surface area contributed by atoms with Gasteiger partial charge in [0, 0.05) is 10.4 Å². The highest BCUT2D eigenvalue weighted by Gasteiger charge is 2.23. The van der Waals surface area contributed by atoms with E-state index in [0.29, 0.717) is 18.4 Å². The van der Waals surface area contributed by atoms with E-state index in [1.54, 1.807) is 12.1 Å². The summed E-state index contributed by atoms with van der Waals surface area (Å²) < 4.78 is 30.3. The van der Waals surface area contributed by atoms with Crippen LogP contribution in [0, 0.1) is 0 Å². The van der Waals surface area contributed by atoms with Gasteiger partial charge in [0.15, 0.2) is 0 Å². The van der Waals surface area contributed by atoms with E-state index in [2.05, 4.69) is 0 Å². The molecule has 0 radical (unpaired) electrons. The van der Waals surface area contributed by atoms with Crippen LogP contribution in [0.5, 0.6) is 0 Å². The third kappa shape index (κ3) is 3.29.